The number of halogens is 1. The van der Waals surface area contributed by atoms with E-state index in [9.17, 15) is 0 Å². The first-order valence-electron chi connectivity index (χ1n) is 1.81. The molecule has 6 heavy (non-hydrogen) atoms. The monoisotopic (exact) mass is 102 g/mol. The maximum absolute atomic E-state index is 5.35. The van der Waals surface area contributed by atoms with E-state index in [2.05, 4.69) is 5.73 Å². The van der Waals surface area contributed by atoms with Gasteiger partial charge in [0, 0.05) is 0 Å². The highest BCUT2D eigenvalue weighted by Gasteiger charge is 1.64. The van der Waals surface area contributed by atoms with E-state index in [0.29, 0.717) is 5.03 Å². The third-order valence-electron chi connectivity index (χ3n) is 0.343. The van der Waals surface area contributed by atoms with Gasteiger partial charge in [0.1, 0.15) is 0 Å². The molecule has 0 aliphatic rings. The van der Waals surface area contributed by atoms with Crippen LogP contribution >= 0.6 is 11.6 Å². The molecule has 0 aromatic rings. The standard InChI is InChI=1S/C5H7Cl/c1-3-4-5(2)6/h3H,1-2H3. The summed E-state index contributed by atoms with van der Waals surface area (Å²) in [6.07, 6.45) is 1.78. The Morgan fingerprint density at radius 3 is 2.33 bits per heavy atom. The average Bonchev–Trinajstić information content (AvgIpc) is 1.35. The van der Waals surface area contributed by atoms with Crippen LogP contribution in [0.25, 0.3) is 0 Å². The van der Waals surface area contributed by atoms with Crippen molar-refractivity contribution in [1.29, 1.82) is 0 Å². The number of allylic oxidation sites excluding steroid dienone is 1. The molecule has 0 saturated heterocycles. The second-order valence-electron chi connectivity index (χ2n) is 0.966. The van der Waals surface area contributed by atoms with E-state index in [-0.39, 0.29) is 0 Å². The van der Waals surface area contributed by atoms with Gasteiger partial charge in [0.05, 0.1) is 5.03 Å². The molecular weight excluding hydrogens is 95.5 g/mol. The largest absolute Gasteiger partial charge is 0.110 e. The summed E-state index contributed by atoms with van der Waals surface area (Å²) in [4.78, 5) is 0. The van der Waals surface area contributed by atoms with E-state index in [4.69, 9.17) is 11.6 Å². The van der Waals surface area contributed by atoms with Crippen LogP contribution in [0, 0.1) is 0 Å². The van der Waals surface area contributed by atoms with Crippen molar-refractivity contribution in [2.45, 2.75) is 13.8 Å². The second kappa shape index (κ2) is 3.02. The van der Waals surface area contributed by atoms with E-state index in [1.807, 2.05) is 6.92 Å². The van der Waals surface area contributed by atoms with Crippen molar-refractivity contribution in [2.75, 3.05) is 0 Å². The normalized spacial score (nSPS) is 6.50. The van der Waals surface area contributed by atoms with Gasteiger partial charge < -0.3 is 0 Å². The smallest absolute Gasteiger partial charge is 0.0563 e. The topological polar surface area (TPSA) is 0 Å². The minimum absolute atomic E-state index is 0.706. The Morgan fingerprint density at radius 1 is 1.83 bits per heavy atom. The average molecular weight is 103 g/mol. The third-order valence-corrected chi connectivity index (χ3v) is 0.452. The van der Waals surface area contributed by atoms with E-state index < -0.39 is 0 Å². The van der Waals surface area contributed by atoms with Crippen LogP contribution in [0.15, 0.2) is 16.8 Å². The van der Waals surface area contributed by atoms with Crippen molar-refractivity contribution in [3.63, 3.8) is 0 Å². The van der Waals surface area contributed by atoms with Crippen molar-refractivity contribution in [3.8, 4) is 0 Å². The number of hydrogen-bond donors (Lipinski definition) is 0. The van der Waals surface area contributed by atoms with Crippen molar-refractivity contribution in [1.82, 2.24) is 0 Å². The molecule has 0 radical (unpaired) electrons. The molecule has 0 aromatic heterocycles. The van der Waals surface area contributed by atoms with E-state index in [0.717, 1.165) is 0 Å². The first-order chi connectivity index (χ1) is 2.77. The van der Waals surface area contributed by atoms with Gasteiger partial charge in [-0.1, -0.05) is 11.6 Å². The molecule has 1 heteroatoms. The summed E-state index contributed by atoms with van der Waals surface area (Å²) in [7, 11) is 0. The maximum atomic E-state index is 5.35. The lowest BCUT2D eigenvalue weighted by atomic mass is 10.6. The van der Waals surface area contributed by atoms with Crippen molar-refractivity contribution in [2.24, 2.45) is 0 Å². The van der Waals surface area contributed by atoms with Gasteiger partial charge in [-0.05, 0) is 19.9 Å². The molecule has 0 aromatic carbocycles. The highest BCUT2D eigenvalue weighted by atomic mass is 35.5. The predicted molar refractivity (Wildman–Crippen MR) is 28.8 cm³/mol. The molecule has 0 bridgehead atoms. The molecule has 0 aliphatic carbocycles. The summed E-state index contributed by atoms with van der Waals surface area (Å²) < 4.78 is 0. The Hall–Kier alpha value is -0.190. The molecule has 0 saturated carbocycles. The van der Waals surface area contributed by atoms with Crippen LogP contribution < -0.4 is 0 Å². The molecule has 0 nitrogen and oxygen atoms in total. The minimum Gasteiger partial charge on any atom is -0.110 e. The van der Waals surface area contributed by atoms with Crippen LogP contribution in [0.1, 0.15) is 13.8 Å². The van der Waals surface area contributed by atoms with Crippen LogP contribution in [-0.4, -0.2) is 0 Å². The highest BCUT2D eigenvalue weighted by molar-refractivity contribution is 6.29. The van der Waals surface area contributed by atoms with Crippen LogP contribution in [0.2, 0.25) is 0 Å². The number of hydrogen-bond acceptors (Lipinski definition) is 0. The second-order valence-corrected chi connectivity index (χ2v) is 1.53. The van der Waals surface area contributed by atoms with Gasteiger partial charge in [-0.15, -0.1) is 5.73 Å². The summed E-state index contributed by atoms with van der Waals surface area (Å²) in [5.74, 6) is 0. The molecule has 0 unspecified atom stereocenters. The van der Waals surface area contributed by atoms with Gasteiger partial charge >= 0.3 is 0 Å². The van der Waals surface area contributed by atoms with Crippen molar-refractivity contribution < 1.29 is 0 Å². The first kappa shape index (κ1) is 5.81. The fraction of sp³-hybridized carbons (Fsp3) is 0.400. The quantitative estimate of drug-likeness (QED) is 0.412. The Bertz CT molecular complexity index is 82.1. The molecule has 0 spiro atoms. The zero-order chi connectivity index (χ0) is 4.99. The van der Waals surface area contributed by atoms with Gasteiger partial charge in [0.25, 0.3) is 0 Å². The van der Waals surface area contributed by atoms with Crippen LogP contribution in [-0.2, 0) is 0 Å². The summed E-state index contributed by atoms with van der Waals surface area (Å²) in [5, 5.41) is 0.706. The van der Waals surface area contributed by atoms with E-state index in [1.54, 1.807) is 13.0 Å². The summed E-state index contributed by atoms with van der Waals surface area (Å²) in [6.45, 7) is 3.67. The lowest BCUT2D eigenvalue weighted by molar-refractivity contribution is 1.65. The molecule has 0 aliphatic heterocycles. The van der Waals surface area contributed by atoms with Crippen molar-refractivity contribution >= 4 is 11.6 Å². The Labute approximate surface area is 43.1 Å². The summed E-state index contributed by atoms with van der Waals surface area (Å²) in [5.41, 5.74) is 2.77. The minimum atomic E-state index is 0.706. The predicted octanol–water partition coefficient (Wildman–Crippen LogP) is 2.30. The van der Waals surface area contributed by atoms with Crippen LogP contribution in [0.5, 0.6) is 0 Å². The van der Waals surface area contributed by atoms with Crippen molar-refractivity contribution in [3.05, 3.63) is 16.8 Å². The van der Waals surface area contributed by atoms with Gasteiger partial charge in [0.15, 0.2) is 0 Å². The van der Waals surface area contributed by atoms with Crippen LogP contribution in [0.4, 0.5) is 0 Å². The SMILES string of the molecule is CC=C=C(C)Cl. The Balaban J connectivity index is 3.73. The fourth-order valence-electron chi connectivity index (χ4n) is 0.199. The van der Waals surface area contributed by atoms with E-state index in [1.165, 1.54) is 0 Å². The van der Waals surface area contributed by atoms with Crippen LogP contribution in [0.3, 0.4) is 0 Å². The molecule has 0 N–H and O–H groups in total. The molecule has 34 valence electrons. The first-order valence-corrected chi connectivity index (χ1v) is 2.18. The zero-order valence-electron chi connectivity index (χ0n) is 3.96. The van der Waals surface area contributed by atoms with Gasteiger partial charge in [-0.3, -0.25) is 0 Å². The molecule has 0 heterocycles. The lowest BCUT2D eigenvalue weighted by Gasteiger charge is -1.66. The van der Waals surface area contributed by atoms with E-state index >= 15 is 0 Å². The third kappa shape index (κ3) is 3.81. The van der Waals surface area contributed by atoms with Gasteiger partial charge in [0.2, 0.25) is 0 Å². The summed E-state index contributed by atoms with van der Waals surface area (Å²) in [6, 6.07) is 0. The maximum Gasteiger partial charge on any atom is 0.0563 e. The highest BCUT2D eigenvalue weighted by Crippen LogP contribution is 1.91. The Morgan fingerprint density at radius 2 is 2.33 bits per heavy atom. The fourth-order valence-corrected chi connectivity index (χ4v) is 0.308. The zero-order valence-corrected chi connectivity index (χ0v) is 4.71. The molecule has 0 fully saturated rings. The molecule has 0 atom stereocenters. The Kier molecular flexibility index (Phi) is 2.92. The molecule has 0 rings (SSSR count). The molecule has 0 amide bonds. The lowest BCUT2D eigenvalue weighted by Crippen LogP contribution is -1.43. The van der Waals surface area contributed by atoms with Gasteiger partial charge in [-0.2, -0.15) is 0 Å². The molecular formula is C5H7Cl. The van der Waals surface area contributed by atoms with Gasteiger partial charge in [-0.25, -0.2) is 0 Å². The summed E-state index contributed by atoms with van der Waals surface area (Å²) >= 11 is 5.35. The number of rotatable bonds is 0.